The number of nitrogens with zero attached hydrogens (tertiary/aromatic N) is 3. The lowest BCUT2D eigenvalue weighted by atomic mass is 10.1. The molecule has 1 aromatic heterocycles. The van der Waals surface area contributed by atoms with Crippen LogP contribution in [0.3, 0.4) is 0 Å². The zero-order valence-electron chi connectivity index (χ0n) is 17.5. The first-order valence-electron chi connectivity index (χ1n) is 9.53. The van der Waals surface area contributed by atoms with Gasteiger partial charge in [-0.15, -0.1) is 0 Å². The summed E-state index contributed by atoms with van der Waals surface area (Å²) in [6.45, 7) is 8.90. The van der Waals surface area contributed by atoms with Gasteiger partial charge in [0.05, 0.1) is 12.6 Å². The van der Waals surface area contributed by atoms with E-state index in [2.05, 4.69) is 0 Å². The van der Waals surface area contributed by atoms with Crippen molar-refractivity contribution in [3.8, 4) is 5.75 Å². The molecule has 0 bridgehead atoms. The van der Waals surface area contributed by atoms with E-state index >= 15 is 0 Å². The minimum Gasteiger partial charge on any atom is -0.497 e. The number of amides is 2. The molecule has 3 rings (SSSR count). The number of fused-ring (bicyclic) bond motifs is 1. The SMILES string of the molecule is COc1ccc2cc(C(=O)N3CCN(C(=O)OC(C)(C)C)CC3C)n(C)c2c1. The number of rotatable bonds is 2. The Kier molecular flexibility index (Phi) is 5.28. The van der Waals surface area contributed by atoms with Gasteiger partial charge in [0.1, 0.15) is 17.0 Å². The van der Waals surface area contributed by atoms with Crippen LogP contribution in [0.5, 0.6) is 5.75 Å². The highest BCUT2D eigenvalue weighted by atomic mass is 16.6. The first-order chi connectivity index (χ1) is 13.1. The van der Waals surface area contributed by atoms with Gasteiger partial charge in [0.2, 0.25) is 0 Å². The minimum absolute atomic E-state index is 0.0333. The van der Waals surface area contributed by atoms with Gasteiger partial charge >= 0.3 is 6.09 Å². The highest BCUT2D eigenvalue weighted by molar-refractivity contribution is 5.99. The normalized spacial score (nSPS) is 17.7. The van der Waals surface area contributed by atoms with E-state index in [-0.39, 0.29) is 18.0 Å². The van der Waals surface area contributed by atoms with Gasteiger partial charge in [-0.2, -0.15) is 0 Å². The Morgan fingerprint density at radius 2 is 1.86 bits per heavy atom. The minimum atomic E-state index is -0.530. The zero-order chi connectivity index (χ0) is 20.6. The number of benzene rings is 1. The van der Waals surface area contributed by atoms with Gasteiger partial charge in [-0.3, -0.25) is 4.79 Å². The van der Waals surface area contributed by atoms with Gasteiger partial charge in [0.15, 0.2) is 0 Å². The summed E-state index contributed by atoms with van der Waals surface area (Å²) in [5, 5.41) is 0.992. The van der Waals surface area contributed by atoms with Crippen molar-refractivity contribution in [3.63, 3.8) is 0 Å². The summed E-state index contributed by atoms with van der Waals surface area (Å²) in [7, 11) is 3.51. The van der Waals surface area contributed by atoms with Gasteiger partial charge in [0, 0.05) is 44.2 Å². The Labute approximate surface area is 165 Å². The molecule has 152 valence electrons. The first-order valence-corrected chi connectivity index (χ1v) is 9.53. The molecule has 1 unspecified atom stereocenters. The van der Waals surface area contributed by atoms with Crippen molar-refractivity contribution in [1.29, 1.82) is 0 Å². The summed E-state index contributed by atoms with van der Waals surface area (Å²) in [6, 6.07) is 7.58. The smallest absolute Gasteiger partial charge is 0.410 e. The van der Waals surface area contributed by atoms with Crippen LogP contribution in [0.2, 0.25) is 0 Å². The van der Waals surface area contributed by atoms with Crippen molar-refractivity contribution in [1.82, 2.24) is 14.4 Å². The predicted octanol–water partition coefficient (Wildman–Crippen LogP) is 3.27. The second kappa shape index (κ2) is 7.37. The molecule has 7 heteroatoms. The molecule has 1 saturated heterocycles. The van der Waals surface area contributed by atoms with Crippen LogP contribution in [0.15, 0.2) is 24.3 Å². The van der Waals surface area contributed by atoms with Crippen molar-refractivity contribution >= 4 is 22.9 Å². The quantitative estimate of drug-likeness (QED) is 0.793. The van der Waals surface area contributed by atoms with Crippen LogP contribution < -0.4 is 4.74 Å². The van der Waals surface area contributed by atoms with E-state index in [0.717, 1.165) is 16.7 Å². The molecule has 0 N–H and O–H groups in total. The second-order valence-corrected chi connectivity index (χ2v) is 8.29. The summed E-state index contributed by atoms with van der Waals surface area (Å²) in [5.41, 5.74) is 1.04. The number of hydrogen-bond acceptors (Lipinski definition) is 4. The lowest BCUT2D eigenvalue weighted by molar-refractivity contribution is 0.00599. The Bertz CT molecular complexity index is 897. The molecule has 7 nitrogen and oxygen atoms in total. The number of piperazine rings is 1. The largest absolute Gasteiger partial charge is 0.497 e. The predicted molar refractivity (Wildman–Crippen MR) is 108 cm³/mol. The van der Waals surface area contributed by atoms with Gasteiger partial charge in [-0.1, -0.05) is 0 Å². The fourth-order valence-electron chi connectivity index (χ4n) is 3.54. The molecule has 0 aliphatic carbocycles. The standard InChI is InChI=1S/C21H29N3O4/c1-14-13-23(20(26)28-21(2,3)4)9-10-24(14)19(25)18-11-15-7-8-16(27-6)12-17(15)22(18)5/h7-8,11-12,14H,9-10,13H2,1-6H3. The number of ether oxygens (including phenoxy) is 2. The van der Waals surface area contributed by atoms with E-state index < -0.39 is 5.60 Å². The van der Waals surface area contributed by atoms with Gasteiger partial charge in [-0.05, 0) is 45.9 Å². The lowest BCUT2D eigenvalue weighted by Gasteiger charge is -2.40. The molecule has 28 heavy (non-hydrogen) atoms. The maximum Gasteiger partial charge on any atom is 0.410 e. The molecule has 1 fully saturated rings. The highest BCUT2D eigenvalue weighted by Gasteiger charge is 2.33. The second-order valence-electron chi connectivity index (χ2n) is 8.29. The fourth-order valence-corrected chi connectivity index (χ4v) is 3.54. The maximum atomic E-state index is 13.2. The Morgan fingerprint density at radius 1 is 1.14 bits per heavy atom. The van der Waals surface area contributed by atoms with Crippen LogP contribution in [0.4, 0.5) is 4.79 Å². The van der Waals surface area contributed by atoms with E-state index in [0.29, 0.717) is 25.3 Å². The number of methoxy groups -OCH3 is 1. The number of carbonyl (C=O) groups excluding carboxylic acids is 2. The lowest BCUT2D eigenvalue weighted by Crippen LogP contribution is -2.56. The number of hydrogen-bond donors (Lipinski definition) is 0. The van der Waals surface area contributed by atoms with Crippen LogP contribution in [-0.2, 0) is 11.8 Å². The van der Waals surface area contributed by atoms with Crippen molar-refractivity contribution in [3.05, 3.63) is 30.0 Å². The van der Waals surface area contributed by atoms with Crippen LogP contribution in [0, 0.1) is 0 Å². The molecule has 1 aliphatic rings. The van der Waals surface area contributed by atoms with Crippen molar-refractivity contribution < 1.29 is 19.1 Å². The molecule has 0 spiro atoms. The third-order valence-corrected chi connectivity index (χ3v) is 5.01. The number of aryl methyl sites for hydroxylation is 1. The summed E-state index contributed by atoms with van der Waals surface area (Å²) < 4.78 is 12.6. The Hall–Kier alpha value is -2.70. The van der Waals surface area contributed by atoms with Crippen molar-refractivity contribution in [2.24, 2.45) is 7.05 Å². The van der Waals surface area contributed by atoms with E-state index in [4.69, 9.17) is 9.47 Å². The summed E-state index contributed by atoms with van der Waals surface area (Å²) in [4.78, 5) is 29.0. The summed E-state index contributed by atoms with van der Waals surface area (Å²) in [5.74, 6) is 0.723. The van der Waals surface area contributed by atoms with E-state index in [1.165, 1.54) is 0 Å². The van der Waals surface area contributed by atoms with Crippen molar-refractivity contribution in [2.75, 3.05) is 26.7 Å². The van der Waals surface area contributed by atoms with Crippen molar-refractivity contribution in [2.45, 2.75) is 39.3 Å². The van der Waals surface area contributed by atoms with Gasteiger partial charge < -0.3 is 23.8 Å². The Balaban J connectivity index is 1.76. The molecular weight excluding hydrogens is 358 g/mol. The Morgan fingerprint density at radius 3 is 2.46 bits per heavy atom. The van der Waals surface area contributed by atoms with E-state index in [9.17, 15) is 9.59 Å². The molecule has 1 aromatic carbocycles. The van der Waals surface area contributed by atoms with Crippen LogP contribution >= 0.6 is 0 Å². The molecule has 2 aromatic rings. The van der Waals surface area contributed by atoms with Crippen LogP contribution in [-0.4, -0.2) is 64.8 Å². The monoisotopic (exact) mass is 387 g/mol. The summed E-state index contributed by atoms with van der Waals surface area (Å²) in [6.07, 6.45) is -0.330. The molecule has 1 atom stereocenters. The summed E-state index contributed by atoms with van der Waals surface area (Å²) >= 11 is 0. The van der Waals surface area contributed by atoms with Gasteiger partial charge in [-0.25, -0.2) is 4.79 Å². The molecule has 1 aliphatic heterocycles. The molecule has 2 amide bonds. The molecule has 2 heterocycles. The topological polar surface area (TPSA) is 64.0 Å². The van der Waals surface area contributed by atoms with E-state index in [1.807, 2.05) is 68.5 Å². The van der Waals surface area contributed by atoms with Gasteiger partial charge in [0.25, 0.3) is 5.91 Å². The average molecular weight is 387 g/mol. The number of carbonyl (C=O) groups is 2. The molecule has 0 saturated carbocycles. The van der Waals surface area contributed by atoms with Crippen LogP contribution in [0.1, 0.15) is 38.2 Å². The fraction of sp³-hybridized carbons (Fsp3) is 0.524. The molecular formula is C21H29N3O4. The first kappa shape index (κ1) is 20.0. The third kappa shape index (κ3) is 3.93. The highest BCUT2D eigenvalue weighted by Crippen LogP contribution is 2.25. The maximum absolute atomic E-state index is 13.2. The molecule has 0 radical (unpaired) electrons. The average Bonchev–Trinajstić information content (AvgIpc) is 2.95. The zero-order valence-corrected chi connectivity index (χ0v) is 17.5. The van der Waals surface area contributed by atoms with E-state index in [1.54, 1.807) is 12.0 Å². The number of aromatic nitrogens is 1. The van der Waals surface area contributed by atoms with Crippen LogP contribution in [0.25, 0.3) is 10.9 Å². The third-order valence-electron chi connectivity index (χ3n) is 5.01.